The summed E-state index contributed by atoms with van der Waals surface area (Å²) in [6, 6.07) is 6.00. The highest BCUT2D eigenvalue weighted by atomic mass is 31.2. The van der Waals surface area contributed by atoms with E-state index in [2.05, 4.69) is 10.3 Å². The van der Waals surface area contributed by atoms with Gasteiger partial charge in [-0.15, -0.1) is 0 Å². The van der Waals surface area contributed by atoms with E-state index in [0.717, 1.165) is 6.20 Å². The van der Waals surface area contributed by atoms with Gasteiger partial charge < -0.3 is 9.88 Å². The molecule has 3 nitrogen and oxygen atoms in total. The summed E-state index contributed by atoms with van der Waals surface area (Å²) in [7, 11) is -2.85. The van der Waals surface area contributed by atoms with Crippen molar-refractivity contribution in [2.45, 2.75) is 0 Å². The number of nitrogens with one attached hydrogen (secondary N) is 1. The zero-order chi connectivity index (χ0) is 14.0. The molecule has 0 spiro atoms. The first kappa shape index (κ1) is 13.7. The molecule has 2 rings (SSSR count). The molecule has 1 aromatic heterocycles. The highest BCUT2D eigenvalue weighted by molar-refractivity contribution is 7.70. The van der Waals surface area contributed by atoms with Gasteiger partial charge in [0.15, 0.2) is 5.82 Å². The van der Waals surface area contributed by atoms with Gasteiger partial charge in [0.25, 0.3) is 0 Å². The molecule has 0 saturated heterocycles. The second-order valence-corrected chi connectivity index (χ2v) is 7.62. The Balaban J connectivity index is 2.50. The van der Waals surface area contributed by atoms with E-state index in [4.69, 9.17) is 0 Å². The summed E-state index contributed by atoms with van der Waals surface area (Å²) in [6.45, 7) is 2.91. The maximum Gasteiger partial charge on any atom is 0.154 e. The molecule has 1 heterocycles. The quantitative estimate of drug-likeness (QED) is 0.878. The lowest BCUT2D eigenvalue weighted by molar-refractivity contribution is 0.584. The third-order valence-corrected chi connectivity index (χ3v) is 4.09. The maximum atomic E-state index is 13.8. The summed E-state index contributed by atoms with van der Waals surface area (Å²) >= 11 is 0. The van der Waals surface area contributed by atoms with Crippen LogP contribution in [0.15, 0.2) is 36.7 Å². The van der Waals surface area contributed by atoms with Crippen LogP contribution in [0.3, 0.4) is 0 Å². The van der Waals surface area contributed by atoms with Crippen molar-refractivity contribution in [3.8, 4) is 0 Å². The topological polar surface area (TPSA) is 42.0 Å². The number of para-hydroxylation sites is 1. The molecular formula is C13H13F2N2OP. The second-order valence-electron chi connectivity index (χ2n) is 4.47. The lowest BCUT2D eigenvalue weighted by Gasteiger charge is -2.15. The number of halogens is 2. The number of nitrogens with zero attached hydrogens (tertiary/aromatic N) is 1. The normalized spacial score (nSPS) is 11.4. The number of benzene rings is 1. The van der Waals surface area contributed by atoms with E-state index in [1.165, 1.54) is 31.7 Å². The fourth-order valence-electron chi connectivity index (χ4n) is 1.77. The molecule has 1 aromatic carbocycles. The minimum absolute atomic E-state index is 0.0470. The number of anilines is 2. The van der Waals surface area contributed by atoms with Gasteiger partial charge in [0.2, 0.25) is 0 Å². The van der Waals surface area contributed by atoms with Crippen LogP contribution in [0, 0.1) is 11.6 Å². The molecule has 0 bridgehead atoms. The average molecular weight is 282 g/mol. The van der Waals surface area contributed by atoms with E-state index < -0.39 is 18.8 Å². The van der Waals surface area contributed by atoms with Crippen LogP contribution in [0.5, 0.6) is 0 Å². The van der Waals surface area contributed by atoms with Crippen molar-refractivity contribution in [3.63, 3.8) is 0 Å². The first-order chi connectivity index (χ1) is 8.89. The molecular weight excluding hydrogens is 269 g/mol. The molecule has 0 aliphatic heterocycles. The van der Waals surface area contributed by atoms with Crippen molar-refractivity contribution in [2.75, 3.05) is 18.6 Å². The molecule has 0 atom stereocenters. The SMILES string of the molecule is CP(C)(=O)c1c(F)cncc1Nc1ccccc1F. The van der Waals surface area contributed by atoms with Crippen molar-refractivity contribution in [1.29, 1.82) is 0 Å². The molecule has 0 aliphatic carbocycles. The lowest BCUT2D eigenvalue weighted by atomic mass is 10.3. The van der Waals surface area contributed by atoms with E-state index in [1.54, 1.807) is 12.1 Å². The summed E-state index contributed by atoms with van der Waals surface area (Å²) in [5.74, 6) is -1.13. The van der Waals surface area contributed by atoms with Gasteiger partial charge in [-0.05, 0) is 25.5 Å². The van der Waals surface area contributed by atoms with Crippen molar-refractivity contribution in [1.82, 2.24) is 4.98 Å². The molecule has 100 valence electrons. The van der Waals surface area contributed by atoms with Crippen LogP contribution < -0.4 is 10.6 Å². The zero-order valence-electron chi connectivity index (χ0n) is 10.5. The standard InChI is InChI=1S/C13H13F2N2OP/c1-19(2,18)13-10(15)7-16-8-12(13)17-11-6-4-3-5-9(11)14/h3-8,17H,1-2H3. The Labute approximate surface area is 110 Å². The summed E-state index contributed by atoms with van der Waals surface area (Å²) in [6.07, 6.45) is 2.34. The van der Waals surface area contributed by atoms with E-state index in [0.29, 0.717) is 0 Å². The van der Waals surface area contributed by atoms with Crippen molar-refractivity contribution in [3.05, 3.63) is 48.3 Å². The van der Waals surface area contributed by atoms with Crippen LogP contribution in [0.2, 0.25) is 0 Å². The third-order valence-electron chi connectivity index (χ3n) is 2.55. The van der Waals surface area contributed by atoms with Crippen LogP contribution in [-0.2, 0) is 4.57 Å². The number of hydrogen-bond donors (Lipinski definition) is 1. The predicted molar refractivity (Wildman–Crippen MR) is 73.0 cm³/mol. The molecule has 6 heteroatoms. The molecule has 0 radical (unpaired) electrons. The summed E-state index contributed by atoms with van der Waals surface area (Å²) in [5.41, 5.74) is 0.406. The van der Waals surface area contributed by atoms with Crippen molar-refractivity contribution in [2.24, 2.45) is 0 Å². The van der Waals surface area contributed by atoms with Crippen molar-refractivity contribution < 1.29 is 13.3 Å². The Morgan fingerprint density at radius 3 is 2.37 bits per heavy atom. The third kappa shape index (κ3) is 2.99. The van der Waals surface area contributed by atoms with Gasteiger partial charge in [0.05, 0.1) is 29.1 Å². The monoisotopic (exact) mass is 282 g/mol. The minimum atomic E-state index is -2.85. The zero-order valence-corrected chi connectivity index (χ0v) is 11.4. The smallest absolute Gasteiger partial charge is 0.154 e. The van der Waals surface area contributed by atoms with Gasteiger partial charge in [-0.1, -0.05) is 12.1 Å². The van der Waals surface area contributed by atoms with Crippen LogP contribution in [0.25, 0.3) is 0 Å². The summed E-state index contributed by atoms with van der Waals surface area (Å²) in [4.78, 5) is 3.70. The molecule has 1 N–H and O–H groups in total. The lowest BCUT2D eigenvalue weighted by Crippen LogP contribution is -2.15. The van der Waals surface area contributed by atoms with E-state index in [1.807, 2.05) is 0 Å². The minimum Gasteiger partial charge on any atom is -0.351 e. The molecule has 0 fully saturated rings. The molecule has 0 amide bonds. The number of rotatable bonds is 3. The fraction of sp³-hybridized carbons (Fsp3) is 0.154. The van der Waals surface area contributed by atoms with Gasteiger partial charge in [-0.2, -0.15) is 0 Å². The summed E-state index contributed by atoms with van der Waals surface area (Å²) in [5, 5.41) is 2.79. The van der Waals surface area contributed by atoms with E-state index in [-0.39, 0.29) is 16.7 Å². The van der Waals surface area contributed by atoms with E-state index in [9.17, 15) is 13.3 Å². The highest BCUT2D eigenvalue weighted by Crippen LogP contribution is 2.39. The molecule has 0 aliphatic rings. The Bertz CT molecular complexity index is 655. The van der Waals surface area contributed by atoms with Gasteiger partial charge in [-0.25, -0.2) is 8.78 Å². The van der Waals surface area contributed by atoms with E-state index >= 15 is 0 Å². The van der Waals surface area contributed by atoms with Gasteiger partial charge in [-0.3, -0.25) is 4.98 Å². The molecule has 0 unspecified atom stereocenters. The number of aromatic nitrogens is 1. The van der Waals surface area contributed by atoms with Crippen LogP contribution in [-0.4, -0.2) is 18.3 Å². The Morgan fingerprint density at radius 2 is 1.74 bits per heavy atom. The molecule has 2 aromatic rings. The van der Waals surface area contributed by atoms with Gasteiger partial charge in [0, 0.05) is 0 Å². The second kappa shape index (κ2) is 5.10. The van der Waals surface area contributed by atoms with Crippen LogP contribution in [0.1, 0.15) is 0 Å². The Morgan fingerprint density at radius 1 is 1.05 bits per heavy atom. The van der Waals surface area contributed by atoms with Gasteiger partial charge in [0.1, 0.15) is 13.0 Å². The molecule has 19 heavy (non-hydrogen) atoms. The van der Waals surface area contributed by atoms with Gasteiger partial charge >= 0.3 is 0 Å². The first-order valence-corrected chi connectivity index (χ1v) is 8.20. The average Bonchev–Trinajstić information content (AvgIpc) is 2.30. The van der Waals surface area contributed by atoms with Crippen molar-refractivity contribution >= 4 is 23.8 Å². The first-order valence-electron chi connectivity index (χ1n) is 5.60. The largest absolute Gasteiger partial charge is 0.351 e. The Hall–Kier alpha value is -1.74. The Kier molecular flexibility index (Phi) is 3.67. The maximum absolute atomic E-state index is 13.8. The molecule has 0 saturated carbocycles. The van der Waals surface area contributed by atoms with Crippen LogP contribution in [0.4, 0.5) is 20.2 Å². The summed E-state index contributed by atoms with van der Waals surface area (Å²) < 4.78 is 39.5. The number of pyridine rings is 1. The number of hydrogen-bond acceptors (Lipinski definition) is 3. The van der Waals surface area contributed by atoms with Crippen LogP contribution >= 0.6 is 7.14 Å². The predicted octanol–water partition coefficient (Wildman–Crippen LogP) is 3.35. The fourth-order valence-corrected chi connectivity index (χ4v) is 3.04. The highest BCUT2D eigenvalue weighted by Gasteiger charge is 2.22.